The lowest BCUT2D eigenvalue weighted by Crippen LogP contribution is -2.69. The second-order valence-electron chi connectivity index (χ2n) is 10.9. The van der Waals surface area contributed by atoms with Gasteiger partial charge in [-0.25, -0.2) is 0 Å². The predicted octanol–water partition coefficient (Wildman–Crippen LogP) is 4.58. The molecule has 1 saturated heterocycles. The molecule has 0 radical (unpaired) electrons. The van der Waals surface area contributed by atoms with Crippen LogP contribution in [0.4, 0.5) is 0 Å². The van der Waals surface area contributed by atoms with Crippen LogP contribution in [-0.2, 0) is 14.0 Å². The molecule has 2 aromatic rings. The van der Waals surface area contributed by atoms with Gasteiger partial charge in [0.05, 0.1) is 13.2 Å². The van der Waals surface area contributed by atoms with E-state index in [0.717, 1.165) is 32.1 Å². The Labute approximate surface area is 205 Å². The van der Waals surface area contributed by atoms with Crippen LogP contribution in [0.3, 0.4) is 0 Å². The zero-order chi connectivity index (χ0) is 24.4. The molecule has 0 bridgehead atoms. The highest BCUT2D eigenvalue weighted by Crippen LogP contribution is 2.46. The fourth-order valence-corrected chi connectivity index (χ4v) is 11.2. The van der Waals surface area contributed by atoms with Crippen LogP contribution < -0.4 is 15.7 Å². The van der Waals surface area contributed by atoms with Gasteiger partial charge in [0.15, 0.2) is 0 Å². The summed E-state index contributed by atoms with van der Waals surface area (Å²) in [5.74, 6) is -0.0488. The second-order valence-corrected chi connectivity index (χ2v) is 15.1. The van der Waals surface area contributed by atoms with Crippen LogP contribution in [-0.4, -0.2) is 39.1 Å². The molecular weight excluding hydrogens is 438 g/mol. The molecule has 34 heavy (non-hydrogen) atoms. The largest absolute Gasteiger partial charge is 0.468 e. The Balaban J connectivity index is 1.77. The van der Waals surface area contributed by atoms with Gasteiger partial charge in [-0.05, 0) is 47.5 Å². The maximum absolute atomic E-state index is 12.3. The first kappa shape index (κ1) is 24.9. The number of benzene rings is 2. The van der Waals surface area contributed by atoms with E-state index in [1.165, 1.54) is 17.5 Å². The van der Waals surface area contributed by atoms with Crippen molar-refractivity contribution in [3.63, 3.8) is 0 Å². The Morgan fingerprint density at radius 2 is 1.62 bits per heavy atom. The Hall–Kier alpha value is -2.21. The highest BCUT2D eigenvalue weighted by Gasteiger charge is 2.56. The molecule has 1 saturated carbocycles. The minimum Gasteiger partial charge on any atom is -0.468 e. The van der Waals surface area contributed by atoms with E-state index in [0.29, 0.717) is 0 Å². The molecule has 1 N–H and O–H groups in total. The summed E-state index contributed by atoms with van der Waals surface area (Å²) in [5, 5.41) is 6.19. The lowest BCUT2D eigenvalue weighted by molar-refractivity contribution is -0.143. The Bertz CT molecular complexity index is 948. The molecular formula is C29H39NO3Si. The van der Waals surface area contributed by atoms with Crippen molar-refractivity contribution in [2.45, 2.75) is 75.6 Å². The molecule has 2 fully saturated rings. The Morgan fingerprint density at radius 1 is 1.03 bits per heavy atom. The van der Waals surface area contributed by atoms with Gasteiger partial charge in [-0.15, -0.1) is 6.58 Å². The molecule has 5 heteroatoms. The van der Waals surface area contributed by atoms with Crippen LogP contribution in [0.15, 0.2) is 73.3 Å². The number of methoxy groups -OCH3 is 1. The molecule has 0 aromatic heterocycles. The summed E-state index contributed by atoms with van der Waals surface area (Å²) in [6, 6.07) is 21.4. The monoisotopic (exact) mass is 477 g/mol. The highest BCUT2D eigenvalue weighted by molar-refractivity contribution is 6.99. The maximum Gasteiger partial charge on any atom is 0.322 e. The minimum absolute atomic E-state index is 0.0291. The van der Waals surface area contributed by atoms with Crippen LogP contribution in [0.25, 0.3) is 0 Å². The SMILES string of the molecule is C=C[C@@H]1[C@@H](O[Si](c2ccccc2)(c2ccccc2)C(C)(C)C)CCC[C@]12CC[C@@H](C(=O)OC)N2. The van der Waals surface area contributed by atoms with E-state index < -0.39 is 8.32 Å². The van der Waals surface area contributed by atoms with Gasteiger partial charge in [-0.2, -0.15) is 0 Å². The van der Waals surface area contributed by atoms with Gasteiger partial charge in [0.1, 0.15) is 6.04 Å². The third-order valence-corrected chi connectivity index (χ3v) is 13.0. The smallest absolute Gasteiger partial charge is 0.322 e. The zero-order valence-corrected chi connectivity index (χ0v) is 22.1. The van der Waals surface area contributed by atoms with E-state index in [2.05, 4.69) is 99.4 Å². The molecule has 1 aliphatic carbocycles. The second kappa shape index (κ2) is 9.80. The van der Waals surface area contributed by atoms with E-state index in [4.69, 9.17) is 9.16 Å². The van der Waals surface area contributed by atoms with Crippen LogP contribution in [0.2, 0.25) is 5.04 Å². The summed E-state index contributed by atoms with van der Waals surface area (Å²) >= 11 is 0. The lowest BCUT2D eigenvalue weighted by Gasteiger charge is -2.51. The summed E-state index contributed by atoms with van der Waals surface area (Å²) in [5.41, 5.74) is -0.172. The van der Waals surface area contributed by atoms with Crippen LogP contribution in [0.1, 0.15) is 52.9 Å². The number of nitrogens with one attached hydrogen (secondary N) is 1. The number of hydrogen-bond donors (Lipinski definition) is 1. The number of rotatable bonds is 6. The predicted molar refractivity (Wildman–Crippen MR) is 141 cm³/mol. The lowest BCUT2D eigenvalue weighted by atomic mass is 9.70. The fourth-order valence-electron chi connectivity index (χ4n) is 6.42. The van der Waals surface area contributed by atoms with Gasteiger partial charge in [0.2, 0.25) is 0 Å². The number of carbonyl (C=O) groups is 1. The Morgan fingerprint density at radius 3 is 2.12 bits per heavy atom. The van der Waals surface area contributed by atoms with Crippen LogP contribution >= 0.6 is 0 Å². The van der Waals surface area contributed by atoms with Gasteiger partial charge in [0.25, 0.3) is 8.32 Å². The van der Waals surface area contributed by atoms with Crippen molar-refractivity contribution >= 4 is 24.7 Å². The van der Waals surface area contributed by atoms with Gasteiger partial charge in [-0.1, -0.05) is 87.5 Å². The molecule has 1 heterocycles. The molecule has 1 aliphatic heterocycles. The van der Waals surface area contributed by atoms with E-state index in [1.807, 2.05) is 0 Å². The van der Waals surface area contributed by atoms with Crippen LogP contribution in [0.5, 0.6) is 0 Å². The minimum atomic E-state index is -2.68. The molecule has 2 aromatic carbocycles. The third-order valence-electron chi connectivity index (χ3n) is 7.98. The molecule has 4 rings (SSSR count). The van der Waals surface area contributed by atoms with Crippen molar-refractivity contribution < 1.29 is 14.0 Å². The third kappa shape index (κ3) is 4.30. The number of ether oxygens (including phenoxy) is 1. The molecule has 1 spiro atoms. The van der Waals surface area contributed by atoms with Crippen LogP contribution in [0, 0.1) is 5.92 Å². The average molecular weight is 478 g/mol. The van der Waals surface area contributed by atoms with Crippen molar-refractivity contribution in [2.75, 3.05) is 7.11 Å². The molecule has 2 aliphatic rings. The maximum atomic E-state index is 12.3. The summed E-state index contributed by atoms with van der Waals surface area (Å²) in [6.45, 7) is 11.2. The molecule has 0 amide bonds. The van der Waals surface area contributed by atoms with E-state index in [9.17, 15) is 4.79 Å². The summed E-state index contributed by atoms with van der Waals surface area (Å²) in [4.78, 5) is 12.3. The summed E-state index contributed by atoms with van der Waals surface area (Å²) < 4.78 is 12.6. The summed E-state index contributed by atoms with van der Waals surface area (Å²) in [7, 11) is -1.21. The van der Waals surface area contributed by atoms with Crippen molar-refractivity contribution in [2.24, 2.45) is 5.92 Å². The number of hydrogen-bond acceptors (Lipinski definition) is 4. The van der Waals surface area contributed by atoms with Crippen molar-refractivity contribution in [1.29, 1.82) is 0 Å². The summed E-state index contributed by atoms with van der Waals surface area (Å²) in [6.07, 6.45) is 6.92. The van der Waals surface area contributed by atoms with Gasteiger partial charge < -0.3 is 9.16 Å². The van der Waals surface area contributed by atoms with Crippen molar-refractivity contribution in [3.05, 3.63) is 73.3 Å². The van der Waals surface area contributed by atoms with Crippen molar-refractivity contribution in [3.8, 4) is 0 Å². The van der Waals surface area contributed by atoms with Crippen molar-refractivity contribution in [1.82, 2.24) is 5.32 Å². The van der Waals surface area contributed by atoms with E-state index >= 15 is 0 Å². The molecule has 0 unspecified atom stereocenters. The van der Waals surface area contributed by atoms with E-state index in [-0.39, 0.29) is 34.6 Å². The first-order valence-corrected chi connectivity index (χ1v) is 14.5. The van der Waals surface area contributed by atoms with Gasteiger partial charge in [-0.3, -0.25) is 10.1 Å². The Kier molecular flexibility index (Phi) is 7.18. The van der Waals surface area contributed by atoms with E-state index in [1.54, 1.807) is 0 Å². The van der Waals surface area contributed by atoms with Gasteiger partial charge >= 0.3 is 5.97 Å². The molecule has 4 nitrogen and oxygen atoms in total. The first-order chi connectivity index (χ1) is 16.3. The number of esters is 1. The quantitative estimate of drug-likeness (QED) is 0.376. The standard InChI is InChI=1S/C29H39NO3Si/c1-6-24-26(18-13-20-29(24)21-19-25(30-29)27(31)32-5)33-34(28(2,3)4,22-14-9-7-10-15-22)23-16-11-8-12-17-23/h6-12,14-17,24-26,30H,1,13,18-21H2,2-5H3/t24-,25+,26+,29+/m1/s1. The highest BCUT2D eigenvalue weighted by atomic mass is 28.4. The van der Waals surface area contributed by atoms with Gasteiger partial charge in [0, 0.05) is 11.5 Å². The molecule has 4 atom stereocenters. The normalized spacial score (nSPS) is 27.5. The first-order valence-electron chi connectivity index (χ1n) is 12.5. The fraction of sp³-hybridized carbons (Fsp3) is 0.483. The zero-order valence-electron chi connectivity index (χ0n) is 21.1. The topological polar surface area (TPSA) is 47.6 Å². The molecule has 182 valence electrons. The number of carbonyl (C=O) groups excluding carboxylic acids is 1. The average Bonchev–Trinajstić information content (AvgIpc) is 3.26.